The molecule has 0 aliphatic heterocycles. The molecule has 0 aromatic heterocycles. The molecule has 0 rings (SSSR count). The number of methoxy groups -OCH3 is 1. The fourth-order valence-corrected chi connectivity index (χ4v) is 1.07. The SMILES string of the molecule is CCOCCOC(=O)CCC(=O)COC(=O)COC. The van der Waals surface area contributed by atoms with Crippen LogP contribution in [-0.4, -0.2) is 57.9 Å². The summed E-state index contributed by atoms with van der Waals surface area (Å²) in [5.74, 6) is -1.43. The van der Waals surface area contributed by atoms with Crippen LogP contribution in [0.15, 0.2) is 0 Å². The zero-order chi connectivity index (χ0) is 14.5. The van der Waals surface area contributed by atoms with E-state index in [1.54, 1.807) is 0 Å². The van der Waals surface area contributed by atoms with Crippen molar-refractivity contribution in [3.8, 4) is 0 Å². The molecule has 0 unspecified atom stereocenters. The number of carbonyl (C=O) groups is 3. The Morgan fingerprint density at radius 2 is 1.63 bits per heavy atom. The second-order valence-corrected chi connectivity index (χ2v) is 3.55. The van der Waals surface area contributed by atoms with Crippen molar-refractivity contribution in [1.29, 1.82) is 0 Å². The molecule has 110 valence electrons. The first-order valence-electron chi connectivity index (χ1n) is 5.99. The van der Waals surface area contributed by atoms with E-state index < -0.39 is 11.9 Å². The Bertz CT molecular complexity index is 288. The largest absolute Gasteiger partial charge is 0.463 e. The van der Waals surface area contributed by atoms with Crippen LogP contribution in [0.2, 0.25) is 0 Å². The molecular weight excluding hydrogens is 256 g/mol. The van der Waals surface area contributed by atoms with Crippen LogP contribution in [0.4, 0.5) is 0 Å². The van der Waals surface area contributed by atoms with Gasteiger partial charge in [-0.25, -0.2) is 4.79 Å². The molecule has 0 spiro atoms. The first kappa shape index (κ1) is 17.5. The molecule has 19 heavy (non-hydrogen) atoms. The molecule has 0 aliphatic carbocycles. The Hall–Kier alpha value is -1.47. The van der Waals surface area contributed by atoms with Gasteiger partial charge in [-0.2, -0.15) is 0 Å². The van der Waals surface area contributed by atoms with Crippen molar-refractivity contribution in [3.05, 3.63) is 0 Å². The molecule has 0 heterocycles. The number of hydrogen-bond acceptors (Lipinski definition) is 7. The molecule has 0 aromatic carbocycles. The maximum atomic E-state index is 11.3. The van der Waals surface area contributed by atoms with Crippen molar-refractivity contribution in [2.24, 2.45) is 0 Å². The molecule has 7 heteroatoms. The van der Waals surface area contributed by atoms with Gasteiger partial charge in [-0.1, -0.05) is 0 Å². The minimum atomic E-state index is -0.616. The number of ketones is 1. The lowest BCUT2D eigenvalue weighted by atomic mass is 10.2. The van der Waals surface area contributed by atoms with Crippen molar-refractivity contribution < 1.29 is 33.3 Å². The maximum absolute atomic E-state index is 11.3. The zero-order valence-electron chi connectivity index (χ0n) is 11.3. The number of carbonyl (C=O) groups excluding carboxylic acids is 3. The van der Waals surface area contributed by atoms with Crippen LogP contribution in [0.25, 0.3) is 0 Å². The third-order valence-electron chi connectivity index (χ3n) is 1.96. The topological polar surface area (TPSA) is 88.1 Å². The Kier molecular flexibility index (Phi) is 10.7. The fraction of sp³-hybridized carbons (Fsp3) is 0.750. The van der Waals surface area contributed by atoms with E-state index in [2.05, 4.69) is 9.47 Å². The Morgan fingerprint density at radius 3 is 2.26 bits per heavy atom. The molecule has 0 saturated heterocycles. The average molecular weight is 276 g/mol. The predicted molar refractivity (Wildman–Crippen MR) is 64.5 cm³/mol. The summed E-state index contributed by atoms with van der Waals surface area (Å²) in [5.41, 5.74) is 0. The molecule has 0 aliphatic rings. The lowest BCUT2D eigenvalue weighted by Gasteiger charge is -2.05. The summed E-state index contributed by atoms with van der Waals surface area (Å²) < 4.78 is 18.9. The smallest absolute Gasteiger partial charge is 0.332 e. The molecule has 0 N–H and O–H groups in total. The van der Waals surface area contributed by atoms with Crippen LogP contribution in [0.5, 0.6) is 0 Å². The van der Waals surface area contributed by atoms with Crippen LogP contribution < -0.4 is 0 Å². The highest BCUT2D eigenvalue weighted by Gasteiger charge is 2.10. The van der Waals surface area contributed by atoms with Gasteiger partial charge in [-0.15, -0.1) is 0 Å². The summed E-state index contributed by atoms with van der Waals surface area (Å²) in [7, 11) is 1.35. The minimum absolute atomic E-state index is 0.0201. The normalized spacial score (nSPS) is 10.0. The van der Waals surface area contributed by atoms with Gasteiger partial charge in [0.05, 0.1) is 13.0 Å². The molecule has 0 fully saturated rings. The number of rotatable bonds is 11. The number of esters is 2. The van der Waals surface area contributed by atoms with Crippen molar-refractivity contribution >= 4 is 17.7 Å². The summed E-state index contributed by atoms with van der Waals surface area (Å²) in [4.78, 5) is 33.4. The van der Waals surface area contributed by atoms with Crippen molar-refractivity contribution in [2.45, 2.75) is 19.8 Å². The third-order valence-corrected chi connectivity index (χ3v) is 1.96. The van der Waals surface area contributed by atoms with Crippen LogP contribution in [0.1, 0.15) is 19.8 Å². The first-order valence-corrected chi connectivity index (χ1v) is 5.99. The Labute approximate surface area is 112 Å². The lowest BCUT2D eigenvalue weighted by Crippen LogP contribution is -2.18. The van der Waals surface area contributed by atoms with E-state index in [9.17, 15) is 14.4 Å². The van der Waals surface area contributed by atoms with Gasteiger partial charge < -0.3 is 18.9 Å². The van der Waals surface area contributed by atoms with Gasteiger partial charge in [0, 0.05) is 20.1 Å². The second-order valence-electron chi connectivity index (χ2n) is 3.55. The standard InChI is InChI=1S/C12H20O7/c1-3-17-6-7-18-11(14)5-4-10(13)8-19-12(15)9-16-2/h3-9H2,1-2H3. The number of hydrogen-bond donors (Lipinski definition) is 0. The molecule has 7 nitrogen and oxygen atoms in total. The van der Waals surface area contributed by atoms with E-state index in [0.717, 1.165) is 0 Å². The van der Waals surface area contributed by atoms with Crippen molar-refractivity contribution in [2.75, 3.05) is 40.1 Å². The first-order chi connectivity index (χ1) is 9.10. The van der Waals surface area contributed by atoms with Gasteiger partial charge in [0.15, 0.2) is 5.78 Å². The van der Waals surface area contributed by atoms with E-state index in [1.807, 2.05) is 6.92 Å². The fourth-order valence-electron chi connectivity index (χ4n) is 1.07. The molecule has 0 amide bonds. The zero-order valence-corrected chi connectivity index (χ0v) is 11.3. The summed E-state index contributed by atoms with van der Waals surface area (Å²) in [6.07, 6.45) is -0.0550. The average Bonchev–Trinajstić information content (AvgIpc) is 2.39. The number of Topliss-reactive ketones (excluding diaryl/α,β-unsaturated/α-hetero) is 1. The Balaban J connectivity index is 3.55. The van der Waals surface area contributed by atoms with E-state index in [0.29, 0.717) is 13.2 Å². The van der Waals surface area contributed by atoms with Gasteiger partial charge in [0.2, 0.25) is 0 Å². The highest BCUT2D eigenvalue weighted by atomic mass is 16.6. The van der Waals surface area contributed by atoms with E-state index in [1.165, 1.54) is 7.11 Å². The predicted octanol–water partition coefficient (Wildman–Crippen LogP) is 0.105. The maximum Gasteiger partial charge on any atom is 0.332 e. The van der Waals surface area contributed by atoms with E-state index in [4.69, 9.17) is 9.47 Å². The van der Waals surface area contributed by atoms with Crippen LogP contribution in [-0.2, 0) is 33.3 Å². The molecule has 0 atom stereocenters. The third kappa shape index (κ3) is 11.4. The quantitative estimate of drug-likeness (QED) is 0.391. The lowest BCUT2D eigenvalue weighted by molar-refractivity contribution is -0.152. The van der Waals surface area contributed by atoms with Gasteiger partial charge in [0.1, 0.15) is 19.8 Å². The molecule has 0 radical (unpaired) electrons. The van der Waals surface area contributed by atoms with Crippen molar-refractivity contribution in [3.63, 3.8) is 0 Å². The van der Waals surface area contributed by atoms with Gasteiger partial charge in [0.25, 0.3) is 0 Å². The Morgan fingerprint density at radius 1 is 0.895 bits per heavy atom. The summed E-state index contributed by atoms with van der Waals surface area (Å²) >= 11 is 0. The van der Waals surface area contributed by atoms with Gasteiger partial charge >= 0.3 is 11.9 Å². The minimum Gasteiger partial charge on any atom is -0.463 e. The second kappa shape index (κ2) is 11.6. The van der Waals surface area contributed by atoms with Gasteiger partial charge in [-0.05, 0) is 6.92 Å². The highest BCUT2D eigenvalue weighted by Crippen LogP contribution is 1.96. The van der Waals surface area contributed by atoms with E-state index >= 15 is 0 Å². The van der Waals surface area contributed by atoms with Crippen LogP contribution >= 0.6 is 0 Å². The summed E-state index contributed by atoms with van der Waals surface area (Å²) in [5, 5.41) is 0. The van der Waals surface area contributed by atoms with Crippen LogP contribution in [0.3, 0.4) is 0 Å². The molecule has 0 saturated carbocycles. The summed E-state index contributed by atoms with van der Waals surface area (Å²) in [6.45, 7) is 2.35. The van der Waals surface area contributed by atoms with E-state index in [-0.39, 0.29) is 38.4 Å². The molecule has 0 bridgehead atoms. The van der Waals surface area contributed by atoms with Crippen LogP contribution in [0, 0.1) is 0 Å². The molecular formula is C12H20O7. The monoisotopic (exact) mass is 276 g/mol. The van der Waals surface area contributed by atoms with Crippen molar-refractivity contribution in [1.82, 2.24) is 0 Å². The number of ether oxygens (including phenoxy) is 4. The summed E-state index contributed by atoms with van der Waals surface area (Å²) in [6, 6.07) is 0. The highest BCUT2D eigenvalue weighted by molar-refractivity contribution is 5.85. The molecule has 0 aromatic rings. The van der Waals surface area contributed by atoms with Gasteiger partial charge in [-0.3, -0.25) is 9.59 Å².